The van der Waals surface area contributed by atoms with Crippen molar-refractivity contribution in [1.29, 1.82) is 0 Å². The van der Waals surface area contributed by atoms with E-state index < -0.39 is 34.7 Å². The van der Waals surface area contributed by atoms with Crippen molar-refractivity contribution in [3.8, 4) is 5.75 Å². The standard InChI is InChI=1S/C14H15F3O3/c1-19-13-11(16)9(7-10(15)12(13)17)14(18)20-8-5-3-2-4-6-8/h7-8H,2-6H2,1H3. The van der Waals surface area contributed by atoms with Crippen molar-refractivity contribution in [1.82, 2.24) is 0 Å². The lowest BCUT2D eigenvalue weighted by Crippen LogP contribution is -2.22. The summed E-state index contributed by atoms with van der Waals surface area (Å²) in [5.41, 5.74) is -0.647. The van der Waals surface area contributed by atoms with Gasteiger partial charge in [-0.15, -0.1) is 0 Å². The Morgan fingerprint density at radius 3 is 2.40 bits per heavy atom. The van der Waals surface area contributed by atoms with Crippen LogP contribution in [0.15, 0.2) is 6.07 Å². The normalized spacial score (nSPS) is 16.0. The molecular formula is C14H15F3O3. The van der Waals surface area contributed by atoms with Gasteiger partial charge in [-0.05, 0) is 31.7 Å². The number of hydrogen-bond acceptors (Lipinski definition) is 3. The fourth-order valence-corrected chi connectivity index (χ4v) is 2.31. The van der Waals surface area contributed by atoms with E-state index in [9.17, 15) is 18.0 Å². The lowest BCUT2D eigenvalue weighted by Gasteiger charge is -2.22. The first kappa shape index (κ1) is 14.7. The largest absolute Gasteiger partial charge is 0.491 e. The minimum atomic E-state index is -1.46. The van der Waals surface area contributed by atoms with Crippen LogP contribution in [-0.2, 0) is 4.74 Å². The van der Waals surface area contributed by atoms with Gasteiger partial charge >= 0.3 is 5.97 Å². The molecule has 0 saturated heterocycles. The molecule has 0 spiro atoms. The molecule has 3 nitrogen and oxygen atoms in total. The zero-order valence-corrected chi connectivity index (χ0v) is 11.0. The number of carbonyl (C=O) groups is 1. The number of ether oxygens (including phenoxy) is 2. The first-order valence-electron chi connectivity index (χ1n) is 6.47. The van der Waals surface area contributed by atoms with Crippen molar-refractivity contribution in [2.75, 3.05) is 7.11 Å². The summed E-state index contributed by atoms with van der Waals surface area (Å²) in [6.45, 7) is 0. The van der Waals surface area contributed by atoms with Gasteiger partial charge < -0.3 is 9.47 Å². The number of rotatable bonds is 3. The molecule has 1 aliphatic carbocycles. The third-order valence-corrected chi connectivity index (χ3v) is 3.37. The molecule has 1 saturated carbocycles. The molecule has 0 unspecified atom stereocenters. The Bertz CT molecular complexity index is 511. The minimum Gasteiger partial charge on any atom is -0.491 e. The molecule has 2 rings (SSSR count). The number of carbonyl (C=O) groups excluding carboxylic acids is 1. The summed E-state index contributed by atoms with van der Waals surface area (Å²) in [5, 5.41) is 0. The summed E-state index contributed by atoms with van der Waals surface area (Å²) in [6.07, 6.45) is 4.04. The van der Waals surface area contributed by atoms with E-state index in [1.165, 1.54) is 0 Å². The molecule has 0 bridgehead atoms. The highest BCUT2D eigenvalue weighted by molar-refractivity contribution is 5.90. The minimum absolute atomic E-state index is 0.297. The van der Waals surface area contributed by atoms with E-state index in [2.05, 4.69) is 4.74 Å². The van der Waals surface area contributed by atoms with Crippen LogP contribution in [0.1, 0.15) is 42.5 Å². The highest BCUT2D eigenvalue weighted by atomic mass is 19.2. The van der Waals surface area contributed by atoms with Crippen molar-refractivity contribution >= 4 is 5.97 Å². The molecule has 1 fully saturated rings. The highest BCUT2D eigenvalue weighted by Gasteiger charge is 2.26. The van der Waals surface area contributed by atoms with Gasteiger partial charge in [0.1, 0.15) is 11.7 Å². The topological polar surface area (TPSA) is 35.5 Å². The van der Waals surface area contributed by atoms with E-state index in [0.29, 0.717) is 18.9 Å². The lowest BCUT2D eigenvalue weighted by molar-refractivity contribution is 0.0204. The van der Waals surface area contributed by atoms with Crippen molar-refractivity contribution in [3.05, 3.63) is 29.1 Å². The van der Waals surface area contributed by atoms with Gasteiger partial charge in [0.15, 0.2) is 17.4 Å². The van der Waals surface area contributed by atoms with Crippen LogP contribution in [-0.4, -0.2) is 19.2 Å². The Balaban J connectivity index is 2.23. The maximum absolute atomic E-state index is 13.9. The molecule has 1 aliphatic rings. The summed E-state index contributed by atoms with van der Waals surface area (Å²) in [6, 6.07) is 0.498. The third kappa shape index (κ3) is 2.89. The molecule has 0 radical (unpaired) electrons. The van der Waals surface area contributed by atoms with E-state index in [1.54, 1.807) is 0 Å². The number of methoxy groups -OCH3 is 1. The predicted octanol–water partition coefficient (Wildman–Crippen LogP) is 3.60. The van der Waals surface area contributed by atoms with E-state index in [0.717, 1.165) is 26.4 Å². The Morgan fingerprint density at radius 1 is 1.15 bits per heavy atom. The molecule has 1 aromatic carbocycles. The van der Waals surface area contributed by atoms with Crippen LogP contribution in [0.5, 0.6) is 5.75 Å². The quantitative estimate of drug-likeness (QED) is 0.629. The van der Waals surface area contributed by atoms with Gasteiger partial charge in [-0.25, -0.2) is 13.6 Å². The van der Waals surface area contributed by atoms with Crippen molar-refractivity contribution < 1.29 is 27.4 Å². The Kier molecular flexibility index (Phi) is 4.52. The van der Waals surface area contributed by atoms with Crippen LogP contribution in [0.2, 0.25) is 0 Å². The second kappa shape index (κ2) is 6.15. The molecule has 0 aromatic heterocycles. The number of hydrogen-bond donors (Lipinski definition) is 0. The predicted molar refractivity (Wildman–Crippen MR) is 65.2 cm³/mol. The fraction of sp³-hybridized carbons (Fsp3) is 0.500. The molecular weight excluding hydrogens is 273 g/mol. The molecule has 0 atom stereocenters. The Morgan fingerprint density at radius 2 is 1.80 bits per heavy atom. The van der Waals surface area contributed by atoms with Crippen LogP contribution in [0.25, 0.3) is 0 Å². The summed E-state index contributed by atoms with van der Waals surface area (Å²) < 4.78 is 50.0. The highest BCUT2D eigenvalue weighted by Crippen LogP contribution is 2.28. The van der Waals surface area contributed by atoms with Crippen LogP contribution in [0.3, 0.4) is 0 Å². The fourth-order valence-electron chi connectivity index (χ4n) is 2.31. The number of benzene rings is 1. The third-order valence-electron chi connectivity index (χ3n) is 3.37. The summed E-state index contributed by atoms with van der Waals surface area (Å²) in [4.78, 5) is 11.9. The van der Waals surface area contributed by atoms with Crippen LogP contribution < -0.4 is 4.74 Å². The second-order valence-electron chi connectivity index (χ2n) is 4.73. The van der Waals surface area contributed by atoms with Gasteiger partial charge in [-0.1, -0.05) is 6.42 Å². The van der Waals surface area contributed by atoms with Gasteiger partial charge in [0, 0.05) is 0 Å². The second-order valence-corrected chi connectivity index (χ2v) is 4.73. The number of esters is 1. The monoisotopic (exact) mass is 288 g/mol. The lowest BCUT2D eigenvalue weighted by atomic mass is 9.98. The zero-order valence-electron chi connectivity index (χ0n) is 11.0. The SMILES string of the molecule is COc1c(F)c(F)cc(C(=O)OC2CCCCC2)c1F. The van der Waals surface area contributed by atoms with Crippen molar-refractivity contribution in [3.63, 3.8) is 0 Å². The first-order chi connectivity index (χ1) is 9.54. The average Bonchev–Trinajstić information content (AvgIpc) is 2.44. The van der Waals surface area contributed by atoms with E-state index >= 15 is 0 Å². The Hall–Kier alpha value is -1.72. The maximum atomic E-state index is 13.9. The molecule has 20 heavy (non-hydrogen) atoms. The summed E-state index contributed by atoms with van der Waals surface area (Å²) in [5.74, 6) is -5.96. The van der Waals surface area contributed by atoms with Gasteiger partial charge in [0.25, 0.3) is 0 Å². The van der Waals surface area contributed by atoms with Crippen LogP contribution in [0.4, 0.5) is 13.2 Å². The number of halogens is 3. The molecule has 110 valence electrons. The summed E-state index contributed by atoms with van der Waals surface area (Å²) >= 11 is 0. The van der Waals surface area contributed by atoms with E-state index in [1.807, 2.05) is 0 Å². The van der Waals surface area contributed by atoms with Gasteiger partial charge in [0.05, 0.1) is 7.11 Å². The molecule has 6 heteroatoms. The molecule has 0 amide bonds. The van der Waals surface area contributed by atoms with Gasteiger partial charge in [0.2, 0.25) is 5.82 Å². The first-order valence-corrected chi connectivity index (χ1v) is 6.47. The molecule has 0 N–H and O–H groups in total. The molecule has 0 heterocycles. The van der Waals surface area contributed by atoms with Gasteiger partial charge in [-0.3, -0.25) is 0 Å². The van der Waals surface area contributed by atoms with Crippen LogP contribution in [0, 0.1) is 17.5 Å². The smallest absolute Gasteiger partial charge is 0.341 e. The summed E-state index contributed by atoms with van der Waals surface area (Å²) in [7, 11) is 0.997. The maximum Gasteiger partial charge on any atom is 0.341 e. The van der Waals surface area contributed by atoms with Crippen molar-refractivity contribution in [2.24, 2.45) is 0 Å². The molecule has 0 aliphatic heterocycles. The van der Waals surface area contributed by atoms with E-state index in [4.69, 9.17) is 4.74 Å². The Labute approximate surface area is 114 Å². The van der Waals surface area contributed by atoms with Crippen molar-refractivity contribution in [2.45, 2.75) is 38.2 Å². The van der Waals surface area contributed by atoms with Crippen LogP contribution >= 0.6 is 0 Å². The molecule has 1 aromatic rings. The van der Waals surface area contributed by atoms with E-state index in [-0.39, 0.29) is 6.10 Å². The zero-order chi connectivity index (χ0) is 14.7. The van der Waals surface area contributed by atoms with Gasteiger partial charge in [-0.2, -0.15) is 4.39 Å². The average molecular weight is 288 g/mol.